The Balaban J connectivity index is 2.05. The third-order valence-electron chi connectivity index (χ3n) is 4.43. The van der Waals surface area contributed by atoms with Crippen molar-refractivity contribution in [3.63, 3.8) is 0 Å². The van der Waals surface area contributed by atoms with Crippen molar-refractivity contribution in [3.05, 3.63) is 48.0 Å². The zero-order valence-corrected chi connectivity index (χ0v) is 11.8. The van der Waals surface area contributed by atoms with E-state index in [1.165, 1.54) is 16.3 Å². The summed E-state index contributed by atoms with van der Waals surface area (Å²) in [7, 11) is 0. The minimum absolute atomic E-state index is 0.447. The van der Waals surface area contributed by atoms with Crippen LogP contribution in [-0.4, -0.2) is 24.1 Å². The van der Waals surface area contributed by atoms with Crippen LogP contribution >= 0.6 is 0 Å². The number of hydrogen-bond donors (Lipinski definition) is 0. The van der Waals surface area contributed by atoms with E-state index in [0.717, 1.165) is 43.4 Å². The Labute approximate surface area is 123 Å². The molecule has 3 heteroatoms. The summed E-state index contributed by atoms with van der Waals surface area (Å²) in [6.07, 6.45) is 2.98. The average Bonchev–Trinajstić information content (AvgIpc) is 2.89. The molecule has 106 valence electrons. The van der Waals surface area contributed by atoms with Crippen molar-refractivity contribution in [1.82, 2.24) is 4.57 Å². The largest absolute Gasteiger partial charge is 0.381 e. The maximum atomic E-state index is 11.1. The molecular weight excluding hydrogens is 262 g/mol. The monoisotopic (exact) mass is 279 g/mol. The van der Waals surface area contributed by atoms with E-state index in [1.807, 2.05) is 12.1 Å². The number of para-hydroxylation sites is 1. The van der Waals surface area contributed by atoms with E-state index in [-0.39, 0.29) is 0 Å². The summed E-state index contributed by atoms with van der Waals surface area (Å²) in [6.45, 7) is 1.62. The van der Waals surface area contributed by atoms with Crippen molar-refractivity contribution in [1.29, 1.82) is 0 Å². The van der Waals surface area contributed by atoms with Crippen LogP contribution in [0.4, 0.5) is 0 Å². The van der Waals surface area contributed by atoms with Crippen molar-refractivity contribution >= 4 is 28.1 Å². The number of hydrogen-bond acceptors (Lipinski definition) is 2. The van der Waals surface area contributed by atoms with Crippen molar-refractivity contribution in [2.45, 2.75) is 18.9 Å². The fraction of sp³-hybridized carbons (Fsp3) is 0.278. The Morgan fingerprint density at radius 2 is 1.76 bits per heavy atom. The molecule has 1 saturated heterocycles. The molecule has 4 rings (SSSR count). The van der Waals surface area contributed by atoms with Gasteiger partial charge in [0.25, 0.3) is 0 Å². The van der Waals surface area contributed by atoms with Gasteiger partial charge in [0.15, 0.2) is 0 Å². The number of rotatable bonds is 2. The van der Waals surface area contributed by atoms with E-state index >= 15 is 0 Å². The molecule has 1 fully saturated rings. The lowest BCUT2D eigenvalue weighted by molar-refractivity contribution is 0.0717. The Morgan fingerprint density at radius 1 is 1.00 bits per heavy atom. The number of fused-ring (bicyclic) bond motifs is 3. The lowest BCUT2D eigenvalue weighted by atomic mass is 10.1. The molecule has 2 aromatic carbocycles. The van der Waals surface area contributed by atoms with E-state index in [1.54, 1.807) is 0 Å². The lowest BCUT2D eigenvalue weighted by Gasteiger charge is -2.25. The molecule has 0 radical (unpaired) electrons. The SMILES string of the molecule is O=Cc1ccc2c3ccccc3n(C3CCOCC3)c2c1. The van der Waals surface area contributed by atoms with E-state index in [4.69, 9.17) is 4.74 Å². The number of aromatic nitrogens is 1. The molecule has 1 aliphatic rings. The first-order valence-electron chi connectivity index (χ1n) is 7.44. The standard InChI is InChI=1S/C18H17NO2/c20-12-13-5-6-16-15-3-1-2-4-17(15)19(18(16)11-13)14-7-9-21-10-8-14/h1-6,11-12,14H,7-10H2. The highest BCUT2D eigenvalue weighted by atomic mass is 16.5. The highest BCUT2D eigenvalue weighted by Crippen LogP contribution is 2.35. The van der Waals surface area contributed by atoms with Gasteiger partial charge >= 0.3 is 0 Å². The van der Waals surface area contributed by atoms with Crippen LogP contribution in [0.3, 0.4) is 0 Å². The molecule has 3 nitrogen and oxygen atoms in total. The predicted molar refractivity (Wildman–Crippen MR) is 83.9 cm³/mol. The Hall–Kier alpha value is -2.13. The molecule has 0 amide bonds. The summed E-state index contributed by atoms with van der Waals surface area (Å²) in [5.41, 5.74) is 3.15. The van der Waals surface area contributed by atoms with Gasteiger partial charge in [-0.25, -0.2) is 0 Å². The number of benzene rings is 2. The molecule has 0 N–H and O–H groups in total. The highest BCUT2D eigenvalue weighted by Gasteiger charge is 2.20. The summed E-state index contributed by atoms with van der Waals surface area (Å²) in [6, 6.07) is 14.9. The maximum absolute atomic E-state index is 11.1. The number of carbonyl (C=O) groups is 1. The van der Waals surface area contributed by atoms with E-state index < -0.39 is 0 Å². The van der Waals surface area contributed by atoms with Gasteiger partial charge < -0.3 is 9.30 Å². The van der Waals surface area contributed by atoms with E-state index in [0.29, 0.717) is 6.04 Å². The first-order valence-corrected chi connectivity index (χ1v) is 7.44. The quantitative estimate of drug-likeness (QED) is 0.665. The Bertz CT molecular complexity index is 813. The Morgan fingerprint density at radius 3 is 2.57 bits per heavy atom. The second-order valence-electron chi connectivity index (χ2n) is 5.63. The normalized spacial score (nSPS) is 16.6. The van der Waals surface area contributed by atoms with E-state index in [9.17, 15) is 4.79 Å². The van der Waals surface area contributed by atoms with Gasteiger partial charge in [0.2, 0.25) is 0 Å². The van der Waals surface area contributed by atoms with Crippen LogP contribution in [0.25, 0.3) is 21.8 Å². The van der Waals surface area contributed by atoms with Crippen LogP contribution in [0.5, 0.6) is 0 Å². The first-order chi connectivity index (χ1) is 10.4. The topological polar surface area (TPSA) is 31.2 Å². The van der Waals surface area contributed by atoms with Gasteiger partial charge in [-0.2, -0.15) is 0 Å². The molecule has 2 heterocycles. The molecule has 0 saturated carbocycles. The van der Waals surface area contributed by atoms with Crippen molar-refractivity contribution in [2.24, 2.45) is 0 Å². The van der Waals surface area contributed by atoms with Crippen LogP contribution in [-0.2, 0) is 4.74 Å². The minimum atomic E-state index is 0.447. The molecule has 0 atom stereocenters. The smallest absolute Gasteiger partial charge is 0.150 e. The van der Waals surface area contributed by atoms with Crippen molar-refractivity contribution in [3.8, 4) is 0 Å². The van der Waals surface area contributed by atoms with Gasteiger partial charge in [-0.15, -0.1) is 0 Å². The van der Waals surface area contributed by atoms with Crippen LogP contribution < -0.4 is 0 Å². The molecular formula is C18H17NO2. The van der Waals surface area contributed by atoms with Crippen LogP contribution in [0.2, 0.25) is 0 Å². The third-order valence-corrected chi connectivity index (χ3v) is 4.43. The average molecular weight is 279 g/mol. The molecule has 21 heavy (non-hydrogen) atoms. The number of nitrogens with zero attached hydrogens (tertiary/aromatic N) is 1. The Kier molecular flexibility index (Phi) is 3.00. The highest BCUT2D eigenvalue weighted by molar-refractivity contribution is 6.09. The second-order valence-corrected chi connectivity index (χ2v) is 5.63. The number of ether oxygens (including phenoxy) is 1. The molecule has 0 unspecified atom stereocenters. The molecule has 1 aromatic heterocycles. The van der Waals surface area contributed by atoms with Crippen LogP contribution in [0, 0.1) is 0 Å². The van der Waals surface area contributed by atoms with Gasteiger partial charge in [-0.3, -0.25) is 4.79 Å². The zero-order valence-electron chi connectivity index (χ0n) is 11.8. The summed E-state index contributed by atoms with van der Waals surface area (Å²) in [4.78, 5) is 11.1. The number of carbonyl (C=O) groups excluding carboxylic acids is 1. The van der Waals surface area contributed by atoms with Gasteiger partial charge in [-0.05, 0) is 25.0 Å². The third kappa shape index (κ3) is 1.96. The van der Waals surface area contributed by atoms with Gasteiger partial charge in [0.1, 0.15) is 6.29 Å². The zero-order chi connectivity index (χ0) is 14.2. The molecule has 0 bridgehead atoms. The molecule has 0 spiro atoms. The van der Waals surface area contributed by atoms with Crippen LogP contribution in [0.1, 0.15) is 29.2 Å². The minimum Gasteiger partial charge on any atom is -0.381 e. The summed E-state index contributed by atoms with van der Waals surface area (Å²) in [5, 5.41) is 2.49. The maximum Gasteiger partial charge on any atom is 0.150 e. The summed E-state index contributed by atoms with van der Waals surface area (Å²) >= 11 is 0. The first kappa shape index (κ1) is 12.6. The van der Waals surface area contributed by atoms with Gasteiger partial charge in [0.05, 0.1) is 5.52 Å². The fourth-order valence-electron chi connectivity index (χ4n) is 3.43. The number of aldehydes is 1. The summed E-state index contributed by atoms with van der Waals surface area (Å²) in [5.74, 6) is 0. The van der Waals surface area contributed by atoms with Gasteiger partial charge in [-0.1, -0.05) is 30.3 Å². The molecule has 0 aliphatic carbocycles. The van der Waals surface area contributed by atoms with Crippen molar-refractivity contribution in [2.75, 3.05) is 13.2 Å². The molecule has 3 aromatic rings. The van der Waals surface area contributed by atoms with Crippen molar-refractivity contribution < 1.29 is 9.53 Å². The predicted octanol–water partition coefficient (Wildman–Crippen LogP) is 3.96. The second kappa shape index (κ2) is 5.01. The van der Waals surface area contributed by atoms with E-state index in [2.05, 4.69) is 34.9 Å². The summed E-state index contributed by atoms with van der Waals surface area (Å²) < 4.78 is 7.90. The van der Waals surface area contributed by atoms with Gasteiger partial charge in [0, 0.05) is 41.1 Å². The lowest BCUT2D eigenvalue weighted by Crippen LogP contribution is -2.19. The van der Waals surface area contributed by atoms with Crippen LogP contribution in [0.15, 0.2) is 42.5 Å². The molecule has 1 aliphatic heterocycles. The fourth-order valence-corrected chi connectivity index (χ4v) is 3.43.